The van der Waals surface area contributed by atoms with Crippen LogP contribution in [0.5, 0.6) is 0 Å². The minimum atomic E-state index is 0.620. The summed E-state index contributed by atoms with van der Waals surface area (Å²) in [5.41, 5.74) is 15.4. The van der Waals surface area contributed by atoms with Crippen LogP contribution in [-0.4, -0.2) is 23.7 Å². The van der Waals surface area contributed by atoms with Crippen molar-refractivity contribution in [3.63, 3.8) is 0 Å². The van der Waals surface area contributed by atoms with E-state index in [4.69, 9.17) is 16.5 Å². The average molecular weight is 854 g/mol. The molecule has 0 fully saturated rings. The van der Waals surface area contributed by atoms with Crippen LogP contribution in [0.25, 0.3) is 121 Å². The van der Waals surface area contributed by atoms with Crippen molar-refractivity contribution in [3.8, 4) is 57.0 Å². The lowest BCUT2D eigenvalue weighted by Gasteiger charge is -2.12. The van der Waals surface area contributed by atoms with Crippen LogP contribution in [0.15, 0.2) is 212 Å². The van der Waals surface area contributed by atoms with E-state index in [0.29, 0.717) is 17.1 Å². The molecule has 13 rings (SSSR count). The molecule has 13 aromatic rings. The van der Waals surface area contributed by atoms with Gasteiger partial charge in [0.15, 0.2) is 11.5 Å². The third-order valence-corrected chi connectivity index (χ3v) is 13.1. The summed E-state index contributed by atoms with van der Waals surface area (Å²) in [5, 5.41) is 16.3. The van der Waals surface area contributed by atoms with Crippen molar-refractivity contribution in [1.82, 2.24) is 23.7 Å². The molecule has 0 bridgehead atoms. The third kappa shape index (κ3) is 6.04. The summed E-state index contributed by atoms with van der Waals surface area (Å²) in [4.78, 5) is 13.9. The average Bonchev–Trinajstić information content (AvgIpc) is 4.03. The van der Waals surface area contributed by atoms with Crippen LogP contribution in [0.4, 0.5) is 5.69 Å². The molecule has 4 heterocycles. The summed E-state index contributed by atoms with van der Waals surface area (Å²) in [7, 11) is 0. The first-order chi connectivity index (χ1) is 33.1. The number of para-hydroxylation sites is 2. The van der Waals surface area contributed by atoms with Crippen LogP contribution >= 0.6 is 0 Å². The molecule has 0 aliphatic carbocycles. The van der Waals surface area contributed by atoms with E-state index in [-0.39, 0.29) is 0 Å². The first-order valence-corrected chi connectivity index (χ1v) is 22.2. The Morgan fingerprint density at radius 2 is 0.806 bits per heavy atom. The topological polar surface area (TPSA) is 68.7 Å². The maximum absolute atomic E-state index is 9.84. The maximum Gasteiger partial charge on any atom is 0.188 e. The molecule has 4 aromatic heterocycles. The van der Waals surface area contributed by atoms with Gasteiger partial charge in [-0.1, -0.05) is 115 Å². The summed E-state index contributed by atoms with van der Waals surface area (Å²) in [6.45, 7) is 7.75. The monoisotopic (exact) mass is 853 g/mol. The second-order valence-corrected chi connectivity index (χ2v) is 16.8. The van der Waals surface area contributed by atoms with Gasteiger partial charge in [0.25, 0.3) is 0 Å². The number of nitriles is 1. The van der Waals surface area contributed by atoms with E-state index in [0.717, 1.165) is 111 Å². The lowest BCUT2D eigenvalue weighted by molar-refractivity contribution is 1.16. The predicted octanol–water partition coefficient (Wildman–Crippen LogP) is 15.2. The smallest absolute Gasteiger partial charge is 0.188 e. The van der Waals surface area contributed by atoms with Crippen LogP contribution in [-0.2, 0) is 0 Å². The van der Waals surface area contributed by atoms with Gasteiger partial charge in [-0.15, -0.1) is 0 Å². The Hall–Kier alpha value is -9.56. The zero-order valence-electron chi connectivity index (χ0n) is 35.8. The van der Waals surface area contributed by atoms with E-state index < -0.39 is 0 Å². The third-order valence-electron chi connectivity index (χ3n) is 13.1. The number of hydrogen-bond acceptors (Lipinski definition) is 3. The molecule has 310 valence electrons. The summed E-state index contributed by atoms with van der Waals surface area (Å²) in [5.74, 6) is 0.680. The normalized spacial score (nSPS) is 11.6. The van der Waals surface area contributed by atoms with Crippen LogP contribution in [0.3, 0.4) is 0 Å². The molecular weight excluding hydrogens is 819 g/mol. The minimum Gasteiger partial charge on any atom is -0.309 e. The highest BCUT2D eigenvalue weighted by atomic mass is 15.0. The first kappa shape index (κ1) is 37.9. The fourth-order valence-corrected chi connectivity index (χ4v) is 10.0. The molecule has 7 nitrogen and oxygen atoms in total. The Bertz CT molecular complexity index is 3970. The standard InChI is InChI=1S/C60H35N7/c1-62-42-23-29-57-49(33-42)47-17-9-11-19-55(47)67(57)45-27-31-59-51(35-45)50-34-44(66-54-18-10-8-16-46(54)48-32-38(37-61)20-28-56(48)66)26-30-58(50)65(59)43-24-21-40(22-25-43)53-36-52(39-12-4-2-5-13-39)63-60(64-53)41-14-6-3-7-15-41/h2-36H. The summed E-state index contributed by atoms with van der Waals surface area (Å²) < 4.78 is 6.98. The largest absolute Gasteiger partial charge is 0.309 e. The van der Waals surface area contributed by atoms with Gasteiger partial charge in [0, 0.05) is 60.7 Å². The lowest BCUT2D eigenvalue weighted by Crippen LogP contribution is -1.98. The molecule has 0 radical (unpaired) electrons. The molecule has 7 heteroatoms. The molecule has 0 aliphatic rings. The Balaban J connectivity index is 1.02. The molecule has 0 aliphatic heterocycles. The van der Waals surface area contributed by atoms with Crippen molar-refractivity contribution >= 4 is 71.1 Å². The van der Waals surface area contributed by atoms with E-state index in [9.17, 15) is 5.26 Å². The predicted molar refractivity (Wildman–Crippen MR) is 272 cm³/mol. The molecule has 0 spiro atoms. The van der Waals surface area contributed by atoms with E-state index >= 15 is 0 Å². The van der Waals surface area contributed by atoms with Crippen molar-refractivity contribution in [3.05, 3.63) is 229 Å². The zero-order chi connectivity index (χ0) is 44.6. The van der Waals surface area contributed by atoms with E-state index in [1.54, 1.807) is 0 Å². The van der Waals surface area contributed by atoms with Crippen molar-refractivity contribution in [2.24, 2.45) is 0 Å². The van der Waals surface area contributed by atoms with Gasteiger partial charge >= 0.3 is 0 Å². The number of benzene rings is 9. The molecule has 0 unspecified atom stereocenters. The molecule has 0 saturated carbocycles. The van der Waals surface area contributed by atoms with Crippen molar-refractivity contribution in [2.45, 2.75) is 0 Å². The van der Waals surface area contributed by atoms with Gasteiger partial charge in [-0.25, -0.2) is 14.8 Å². The first-order valence-electron chi connectivity index (χ1n) is 22.2. The number of aromatic nitrogens is 5. The highest BCUT2D eigenvalue weighted by Gasteiger charge is 2.20. The Morgan fingerprint density at radius 1 is 0.373 bits per heavy atom. The Kier molecular flexibility index (Phi) is 8.51. The second kappa shape index (κ2) is 15.0. The number of hydrogen-bond donors (Lipinski definition) is 0. The fourth-order valence-electron chi connectivity index (χ4n) is 10.0. The fraction of sp³-hybridized carbons (Fsp3) is 0. The van der Waals surface area contributed by atoms with Gasteiger partial charge in [0.1, 0.15) is 0 Å². The highest BCUT2D eigenvalue weighted by molar-refractivity contribution is 6.14. The van der Waals surface area contributed by atoms with Gasteiger partial charge in [-0.05, 0) is 102 Å². The van der Waals surface area contributed by atoms with Gasteiger partial charge in [-0.2, -0.15) is 5.26 Å². The van der Waals surface area contributed by atoms with Crippen molar-refractivity contribution in [2.75, 3.05) is 0 Å². The Labute approximate surface area is 384 Å². The molecule has 0 amide bonds. The molecule has 0 N–H and O–H groups in total. The number of rotatable bonds is 6. The molecular formula is C60H35N7. The second-order valence-electron chi connectivity index (χ2n) is 16.8. The summed E-state index contributed by atoms with van der Waals surface area (Å²) in [6.07, 6.45) is 0. The lowest BCUT2D eigenvalue weighted by atomic mass is 10.1. The quantitative estimate of drug-likeness (QED) is 0.156. The molecule has 67 heavy (non-hydrogen) atoms. The van der Waals surface area contributed by atoms with Gasteiger partial charge in [-0.3, -0.25) is 0 Å². The van der Waals surface area contributed by atoms with Crippen LogP contribution in [0.2, 0.25) is 0 Å². The molecule has 0 saturated heterocycles. The summed E-state index contributed by atoms with van der Waals surface area (Å²) >= 11 is 0. The Morgan fingerprint density at radius 3 is 1.37 bits per heavy atom. The van der Waals surface area contributed by atoms with E-state index in [1.165, 1.54) is 0 Å². The summed E-state index contributed by atoms with van der Waals surface area (Å²) in [6, 6.07) is 75.8. The number of nitrogens with zero attached hydrogens (tertiary/aromatic N) is 7. The van der Waals surface area contributed by atoms with Crippen LogP contribution in [0, 0.1) is 17.9 Å². The highest BCUT2D eigenvalue weighted by Crippen LogP contribution is 2.41. The van der Waals surface area contributed by atoms with Crippen LogP contribution < -0.4 is 0 Å². The van der Waals surface area contributed by atoms with Crippen molar-refractivity contribution < 1.29 is 0 Å². The minimum absolute atomic E-state index is 0.620. The molecule has 0 atom stereocenters. The molecule has 9 aromatic carbocycles. The maximum atomic E-state index is 9.84. The van der Waals surface area contributed by atoms with E-state index in [2.05, 4.69) is 176 Å². The van der Waals surface area contributed by atoms with Gasteiger partial charge in [0.05, 0.1) is 62.7 Å². The zero-order valence-corrected chi connectivity index (χ0v) is 35.8. The van der Waals surface area contributed by atoms with Gasteiger partial charge < -0.3 is 13.7 Å². The van der Waals surface area contributed by atoms with E-state index in [1.807, 2.05) is 60.7 Å². The SMILES string of the molecule is [C-]#[N+]c1ccc2c(c1)c1ccccc1n2-c1ccc2c(c1)c1cc(-n3c4ccccc4c4cc(C#N)ccc43)ccc1n2-c1ccc(-c2cc(-c3ccccc3)nc(-c3ccccc3)n2)cc1. The van der Waals surface area contributed by atoms with Crippen molar-refractivity contribution in [1.29, 1.82) is 5.26 Å². The van der Waals surface area contributed by atoms with Gasteiger partial charge in [0.2, 0.25) is 0 Å². The number of fused-ring (bicyclic) bond motifs is 9. The van der Waals surface area contributed by atoms with Crippen LogP contribution in [0.1, 0.15) is 5.56 Å².